The zero-order valence-corrected chi connectivity index (χ0v) is 14.3. The van der Waals surface area contributed by atoms with E-state index in [0.717, 1.165) is 25.9 Å². The molecule has 3 aliphatic rings. The van der Waals surface area contributed by atoms with Gasteiger partial charge in [0.05, 0.1) is 0 Å². The molecule has 2 atom stereocenters. The van der Waals surface area contributed by atoms with Crippen molar-refractivity contribution in [3.63, 3.8) is 0 Å². The van der Waals surface area contributed by atoms with Crippen molar-refractivity contribution in [2.75, 3.05) is 13.1 Å². The second-order valence-electron chi connectivity index (χ2n) is 6.64. The SMILES string of the molecule is CC1C(NC(=O)c2ccc(-c3cc(Cl)ccn3)o2)C2CCN1CC2. The van der Waals surface area contributed by atoms with E-state index in [2.05, 4.69) is 22.1 Å². The van der Waals surface area contributed by atoms with Crippen LogP contribution < -0.4 is 5.32 Å². The van der Waals surface area contributed by atoms with Crippen LogP contribution >= 0.6 is 11.6 Å². The van der Waals surface area contributed by atoms with Gasteiger partial charge in [-0.05, 0) is 63.0 Å². The minimum absolute atomic E-state index is 0.158. The Kier molecular flexibility index (Phi) is 4.06. The van der Waals surface area contributed by atoms with Crippen LogP contribution in [0.5, 0.6) is 0 Å². The summed E-state index contributed by atoms with van der Waals surface area (Å²) in [7, 11) is 0. The van der Waals surface area contributed by atoms with E-state index in [-0.39, 0.29) is 11.9 Å². The van der Waals surface area contributed by atoms with Crippen LogP contribution in [0.1, 0.15) is 30.3 Å². The first-order chi connectivity index (χ1) is 11.6. The Labute approximate surface area is 146 Å². The third-order valence-electron chi connectivity index (χ3n) is 5.28. The molecule has 2 bridgehead atoms. The van der Waals surface area contributed by atoms with Crippen molar-refractivity contribution in [2.24, 2.45) is 5.92 Å². The lowest BCUT2D eigenvalue weighted by molar-refractivity contribution is 0.0211. The number of furan rings is 1. The maximum atomic E-state index is 12.6. The highest BCUT2D eigenvalue weighted by atomic mass is 35.5. The number of amides is 1. The predicted octanol–water partition coefficient (Wildman–Crippen LogP) is 3.21. The molecular weight excluding hydrogens is 326 g/mol. The molecule has 1 N–H and O–H groups in total. The van der Waals surface area contributed by atoms with Crippen LogP contribution in [0.4, 0.5) is 0 Å². The molecule has 3 fully saturated rings. The zero-order valence-electron chi connectivity index (χ0n) is 13.5. The van der Waals surface area contributed by atoms with Crippen molar-refractivity contribution in [2.45, 2.75) is 31.8 Å². The van der Waals surface area contributed by atoms with Gasteiger partial charge in [0.1, 0.15) is 5.69 Å². The largest absolute Gasteiger partial charge is 0.449 e. The minimum atomic E-state index is -0.158. The van der Waals surface area contributed by atoms with Gasteiger partial charge >= 0.3 is 0 Å². The number of hydrogen-bond acceptors (Lipinski definition) is 4. The number of rotatable bonds is 3. The van der Waals surface area contributed by atoms with E-state index in [1.165, 1.54) is 0 Å². The second kappa shape index (κ2) is 6.22. The molecule has 3 saturated heterocycles. The maximum Gasteiger partial charge on any atom is 0.287 e. The summed E-state index contributed by atoms with van der Waals surface area (Å²) in [6.07, 6.45) is 3.94. The average molecular weight is 346 g/mol. The van der Waals surface area contributed by atoms with E-state index in [1.54, 1.807) is 30.5 Å². The van der Waals surface area contributed by atoms with Gasteiger partial charge < -0.3 is 9.73 Å². The average Bonchev–Trinajstić information content (AvgIpc) is 3.09. The van der Waals surface area contributed by atoms with Crippen molar-refractivity contribution in [3.8, 4) is 11.5 Å². The monoisotopic (exact) mass is 345 g/mol. The number of pyridine rings is 1. The van der Waals surface area contributed by atoms with Gasteiger partial charge in [0, 0.05) is 23.3 Å². The summed E-state index contributed by atoms with van der Waals surface area (Å²) in [4.78, 5) is 19.3. The van der Waals surface area contributed by atoms with E-state index in [0.29, 0.717) is 34.2 Å². The Morgan fingerprint density at radius 3 is 2.83 bits per heavy atom. The molecule has 0 aromatic carbocycles. The quantitative estimate of drug-likeness (QED) is 0.928. The number of hydrogen-bond donors (Lipinski definition) is 1. The highest BCUT2D eigenvalue weighted by molar-refractivity contribution is 6.30. The van der Waals surface area contributed by atoms with E-state index in [4.69, 9.17) is 16.0 Å². The van der Waals surface area contributed by atoms with Crippen LogP contribution in [0.25, 0.3) is 11.5 Å². The van der Waals surface area contributed by atoms with Crippen LogP contribution in [0, 0.1) is 5.92 Å². The molecule has 2 aromatic rings. The summed E-state index contributed by atoms with van der Waals surface area (Å²) in [5.41, 5.74) is 0.623. The Bertz CT molecular complexity index is 750. The highest BCUT2D eigenvalue weighted by Gasteiger charge is 2.40. The zero-order chi connectivity index (χ0) is 16.7. The number of piperidine rings is 3. The van der Waals surface area contributed by atoms with Crippen molar-refractivity contribution < 1.29 is 9.21 Å². The fourth-order valence-electron chi connectivity index (χ4n) is 3.90. The van der Waals surface area contributed by atoms with Crippen molar-refractivity contribution in [3.05, 3.63) is 41.2 Å². The molecule has 0 saturated carbocycles. The van der Waals surface area contributed by atoms with Gasteiger partial charge in [-0.2, -0.15) is 0 Å². The van der Waals surface area contributed by atoms with Crippen LogP contribution in [0.3, 0.4) is 0 Å². The third-order valence-corrected chi connectivity index (χ3v) is 5.51. The van der Waals surface area contributed by atoms with Gasteiger partial charge in [0.15, 0.2) is 11.5 Å². The third kappa shape index (κ3) is 2.82. The Morgan fingerprint density at radius 2 is 2.12 bits per heavy atom. The fourth-order valence-corrected chi connectivity index (χ4v) is 4.06. The topological polar surface area (TPSA) is 58.4 Å². The van der Waals surface area contributed by atoms with Gasteiger partial charge in [-0.1, -0.05) is 11.6 Å². The van der Waals surface area contributed by atoms with E-state index >= 15 is 0 Å². The minimum Gasteiger partial charge on any atom is -0.449 e. The fraction of sp³-hybridized carbons (Fsp3) is 0.444. The maximum absolute atomic E-state index is 12.6. The van der Waals surface area contributed by atoms with Gasteiger partial charge in [0.2, 0.25) is 0 Å². The molecule has 3 aliphatic heterocycles. The second-order valence-corrected chi connectivity index (χ2v) is 7.07. The number of carbonyl (C=O) groups excluding carboxylic acids is 1. The molecule has 1 amide bonds. The van der Waals surface area contributed by atoms with Crippen molar-refractivity contribution >= 4 is 17.5 Å². The summed E-state index contributed by atoms with van der Waals surface area (Å²) >= 11 is 5.98. The first kappa shape index (κ1) is 15.7. The summed E-state index contributed by atoms with van der Waals surface area (Å²) in [6, 6.07) is 7.45. The molecule has 0 radical (unpaired) electrons. The van der Waals surface area contributed by atoms with Crippen LogP contribution in [0.15, 0.2) is 34.9 Å². The number of nitrogens with zero attached hydrogens (tertiary/aromatic N) is 2. The summed E-state index contributed by atoms with van der Waals surface area (Å²) < 4.78 is 5.70. The highest BCUT2D eigenvalue weighted by Crippen LogP contribution is 2.32. The molecule has 5 nitrogen and oxygen atoms in total. The first-order valence-corrected chi connectivity index (χ1v) is 8.76. The molecule has 126 valence electrons. The molecule has 2 aromatic heterocycles. The van der Waals surface area contributed by atoms with Gasteiger partial charge in [-0.25, -0.2) is 0 Å². The first-order valence-electron chi connectivity index (χ1n) is 8.38. The Morgan fingerprint density at radius 1 is 1.33 bits per heavy atom. The molecule has 6 heteroatoms. The molecule has 2 unspecified atom stereocenters. The normalized spacial score (nSPS) is 28.8. The predicted molar refractivity (Wildman–Crippen MR) is 92.0 cm³/mol. The molecule has 24 heavy (non-hydrogen) atoms. The van der Waals surface area contributed by atoms with E-state index in [1.807, 2.05) is 0 Å². The van der Waals surface area contributed by atoms with Crippen LogP contribution in [-0.4, -0.2) is 41.0 Å². The van der Waals surface area contributed by atoms with Crippen LogP contribution in [-0.2, 0) is 0 Å². The van der Waals surface area contributed by atoms with E-state index in [9.17, 15) is 4.79 Å². The number of nitrogens with one attached hydrogen (secondary N) is 1. The Hall–Kier alpha value is -1.85. The number of aromatic nitrogens is 1. The lowest BCUT2D eigenvalue weighted by Crippen LogP contribution is -2.62. The number of carbonyl (C=O) groups is 1. The molecule has 5 rings (SSSR count). The standard InChI is InChI=1S/C18H20ClN3O2/c1-11-17(12-5-8-22(11)9-6-12)21-18(23)16-3-2-15(24-16)14-10-13(19)4-7-20-14/h2-4,7,10-12,17H,5-6,8-9H2,1H3,(H,21,23). The van der Waals surface area contributed by atoms with Crippen LogP contribution in [0.2, 0.25) is 5.02 Å². The summed E-state index contributed by atoms with van der Waals surface area (Å²) in [5.74, 6) is 1.27. The summed E-state index contributed by atoms with van der Waals surface area (Å²) in [6.45, 7) is 4.48. The lowest BCUT2D eigenvalue weighted by Gasteiger charge is -2.49. The lowest BCUT2D eigenvalue weighted by atomic mass is 9.79. The van der Waals surface area contributed by atoms with Gasteiger partial charge in [-0.15, -0.1) is 0 Å². The smallest absolute Gasteiger partial charge is 0.287 e. The van der Waals surface area contributed by atoms with Gasteiger partial charge in [-0.3, -0.25) is 14.7 Å². The number of fused-ring (bicyclic) bond motifs is 3. The van der Waals surface area contributed by atoms with Crippen molar-refractivity contribution in [1.82, 2.24) is 15.2 Å². The molecular formula is C18H20ClN3O2. The van der Waals surface area contributed by atoms with Crippen molar-refractivity contribution in [1.29, 1.82) is 0 Å². The van der Waals surface area contributed by atoms with Gasteiger partial charge in [0.25, 0.3) is 5.91 Å². The molecule has 0 spiro atoms. The van der Waals surface area contributed by atoms with E-state index < -0.39 is 0 Å². The Balaban J connectivity index is 1.49. The summed E-state index contributed by atoms with van der Waals surface area (Å²) in [5, 5.41) is 3.76. The molecule has 5 heterocycles. The number of halogens is 1. The molecule has 0 aliphatic carbocycles.